The van der Waals surface area contributed by atoms with E-state index in [1.807, 2.05) is 0 Å². The molecule has 0 spiro atoms. The smallest absolute Gasteiger partial charge is 0.303 e. The Morgan fingerprint density at radius 1 is 1.14 bits per heavy atom. The lowest BCUT2D eigenvalue weighted by Crippen LogP contribution is -2.31. The first kappa shape index (κ1) is 20.9. The van der Waals surface area contributed by atoms with Crippen LogP contribution in [0.2, 0.25) is 5.02 Å². The summed E-state index contributed by atoms with van der Waals surface area (Å²) in [5.41, 5.74) is 0.981. The van der Waals surface area contributed by atoms with Crippen LogP contribution in [0.1, 0.15) is 19.3 Å². The van der Waals surface area contributed by atoms with E-state index >= 15 is 0 Å². The van der Waals surface area contributed by atoms with Gasteiger partial charge in [-0.15, -0.1) is 11.8 Å². The van der Waals surface area contributed by atoms with Crippen LogP contribution in [-0.2, 0) is 19.2 Å². The van der Waals surface area contributed by atoms with Crippen molar-refractivity contribution in [3.8, 4) is 0 Å². The SMILES string of the molecule is O=C(O)CCC(=O)Nc1ccc(S[C@@H]2CC(=O)N(c3cccc(Cl)c3)C2=O)cc1. The van der Waals surface area contributed by atoms with Gasteiger partial charge in [0.25, 0.3) is 0 Å². The number of anilines is 2. The number of carboxylic acids is 1. The maximum Gasteiger partial charge on any atom is 0.303 e. The third-order valence-electron chi connectivity index (χ3n) is 4.15. The van der Waals surface area contributed by atoms with Crippen molar-refractivity contribution in [2.45, 2.75) is 29.4 Å². The van der Waals surface area contributed by atoms with Gasteiger partial charge in [0.05, 0.1) is 17.4 Å². The summed E-state index contributed by atoms with van der Waals surface area (Å²) in [5.74, 6) is -2.00. The fourth-order valence-electron chi connectivity index (χ4n) is 2.81. The standard InChI is InChI=1S/C20H17ClN2O5S/c21-12-2-1-3-14(10-12)23-18(25)11-16(20(23)28)29-15-6-4-13(5-7-15)22-17(24)8-9-19(26)27/h1-7,10,16H,8-9,11H2,(H,22,24)(H,26,27)/t16-/m1/s1. The third kappa shape index (κ3) is 5.36. The van der Waals surface area contributed by atoms with Gasteiger partial charge in [0.2, 0.25) is 17.7 Å². The molecule has 0 aromatic heterocycles. The molecule has 0 saturated carbocycles. The molecule has 1 fully saturated rings. The van der Waals surface area contributed by atoms with Crippen LogP contribution in [0.3, 0.4) is 0 Å². The molecule has 0 unspecified atom stereocenters. The van der Waals surface area contributed by atoms with Crippen LogP contribution >= 0.6 is 23.4 Å². The van der Waals surface area contributed by atoms with Crippen molar-refractivity contribution in [3.05, 3.63) is 53.6 Å². The molecule has 0 bridgehead atoms. The molecule has 9 heteroatoms. The fraction of sp³-hybridized carbons (Fsp3) is 0.200. The fourth-order valence-corrected chi connectivity index (χ4v) is 4.05. The van der Waals surface area contributed by atoms with Crippen molar-refractivity contribution >= 4 is 58.4 Å². The molecule has 1 heterocycles. The van der Waals surface area contributed by atoms with Gasteiger partial charge >= 0.3 is 5.97 Å². The normalized spacial score (nSPS) is 16.2. The lowest BCUT2D eigenvalue weighted by molar-refractivity contribution is -0.138. The van der Waals surface area contributed by atoms with E-state index in [4.69, 9.17) is 16.7 Å². The van der Waals surface area contributed by atoms with Gasteiger partial charge < -0.3 is 10.4 Å². The minimum atomic E-state index is -1.03. The van der Waals surface area contributed by atoms with E-state index in [1.165, 1.54) is 11.8 Å². The Balaban J connectivity index is 1.62. The summed E-state index contributed by atoms with van der Waals surface area (Å²) < 4.78 is 0. The largest absolute Gasteiger partial charge is 0.481 e. The molecule has 7 nitrogen and oxygen atoms in total. The third-order valence-corrected chi connectivity index (χ3v) is 5.59. The zero-order valence-electron chi connectivity index (χ0n) is 15.1. The van der Waals surface area contributed by atoms with E-state index in [0.717, 1.165) is 9.80 Å². The first-order chi connectivity index (χ1) is 13.8. The number of hydrogen-bond acceptors (Lipinski definition) is 5. The molecular formula is C20H17ClN2O5S. The molecule has 150 valence electrons. The molecule has 1 saturated heterocycles. The van der Waals surface area contributed by atoms with Crippen molar-refractivity contribution in [2.75, 3.05) is 10.2 Å². The van der Waals surface area contributed by atoms with Crippen molar-refractivity contribution in [1.29, 1.82) is 0 Å². The number of carbonyl (C=O) groups is 4. The number of carbonyl (C=O) groups excluding carboxylic acids is 3. The number of nitrogens with one attached hydrogen (secondary N) is 1. The quantitative estimate of drug-likeness (QED) is 0.648. The second kappa shape index (κ2) is 9.11. The molecule has 0 radical (unpaired) electrons. The Hall–Kier alpha value is -2.84. The van der Waals surface area contributed by atoms with Crippen molar-refractivity contribution in [1.82, 2.24) is 0 Å². The number of amides is 3. The van der Waals surface area contributed by atoms with Crippen LogP contribution in [0.25, 0.3) is 0 Å². The first-order valence-corrected chi connectivity index (χ1v) is 10.00. The highest BCUT2D eigenvalue weighted by molar-refractivity contribution is 8.00. The maximum absolute atomic E-state index is 12.7. The molecule has 1 atom stereocenters. The van der Waals surface area contributed by atoms with Crippen molar-refractivity contribution in [3.63, 3.8) is 0 Å². The Labute approximate surface area is 176 Å². The number of halogens is 1. The second-order valence-electron chi connectivity index (χ2n) is 6.32. The van der Waals surface area contributed by atoms with Gasteiger partial charge in [-0.3, -0.25) is 19.2 Å². The van der Waals surface area contributed by atoms with Crippen LogP contribution in [0.5, 0.6) is 0 Å². The first-order valence-electron chi connectivity index (χ1n) is 8.74. The number of aliphatic carboxylic acids is 1. The maximum atomic E-state index is 12.7. The highest BCUT2D eigenvalue weighted by Gasteiger charge is 2.40. The summed E-state index contributed by atoms with van der Waals surface area (Å²) >= 11 is 7.23. The van der Waals surface area contributed by atoms with Gasteiger partial charge in [0, 0.05) is 28.4 Å². The average Bonchev–Trinajstić information content (AvgIpc) is 2.95. The zero-order valence-corrected chi connectivity index (χ0v) is 16.7. The predicted octanol–water partition coefficient (Wildman–Crippen LogP) is 3.57. The highest BCUT2D eigenvalue weighted by atomic mass is 35.5. The van der Waals surface area contributed by atoms with Gasteiger partial charge in [-0.2, -0.15) is 0 Å². The summed E-state index contributed by atoms with van der Waals surface area (Å²) in [6, 6.07) is 13.4. The number of carboxylic acid groups (broad SMARTS) is 1. The minimum Gasteiger partial charge on any atom is -0.481 e. The summed E-state index contributed by atoms with van der Waals surface area (Å²) in [6.45, 7) is 0. The van der Waals surface area contributed by atoms with Gasteiger partial charge in [0.15, 0.2) is 0 Å². The second-order valence-corrected chi connectivity index (χ2v) is 8.04. The molecule has 3 rings (SSSR count). The van der Waals surface area contributed by atoms with E-state index in [-0.39, 0.29) is 37.0 Å². The van der Waals surface area contributed by atoms with E-state index in [0.29, 0.717) is 16.4 Å². The molecule has 0 aliphatic carbocycles. The van der Waals surface area contributed by atoms with Crippen LogP contribution < -0.4 is 10.2 Å². The number of rotatable bonds is 7. The van der Waals surface area contributed by atoms with Gasteiger partial charge in [-0.1, -0.05) is 17.7 Å². The Morgan fingerprint density at radius 3 is 2.52 bits per heavy atom. The molecule has 2 N–H and O–H groups in total. The lowest BCUT2D eigenvalue weighted by Gasteiger charge is -2.15. The summed E-state index contributed by atoms with van der Waals surface area (Å²) in [6.07, 6.45) is -0.256. The zero-order chi connectivity index (χ0) is 21.0. The highest BCUT2D eigenvalue weighted by Crippen LogP contribution is 2.35. The van der Waals surface area contributed by atoms with Gasteiger partial charge in [-0.05, 0) is 42.5 Å². The average molecular weight is 433 g/mol. The van der Waals surface area contributed by atoms with Crippen LogP contribution in [0.4, 0.5) is 11.4 Å². The lowest BCUT2D eigenvalue weighted by atomic mass is 10.2. The van der Waals surface area contributed by atoms with E-state index in [2.05, 4.69) is 5.32 Å². The van der Waals surface area contributed by atoms with Gasteiger partial charge in [-0.25, -0.2) is 4.90 Å². The van der Waals surface area contributed by atoms with E-state index < -0.39 is 11.2 Å². The molecule has 2 aromatic rings. The summed E-state index contributed by atoms with van der Waals surface area (Å²) in [4.78, 5) is 49.2. The van der Waals surface area contributed by atoms with E-state index in [1.54, 1.807) is 48.5 Å². The molecular weight excluding hydrogens is 416 g/mol. The number of benzene rings is 2. The van der Waals surface area contributed by atoms with Gasteiger partial charge in [0.1, 0.15) is 0 Å². The summed E-state index contributed by atoms with van der Waals surface area (Å²) in [5, 5.41) is 11.1. The molecule has 1 aliphatic rings. The molecule has 3 amide bonds. The number of hydrogen-bond donors (Lipinski definition) is 2. The van der Waals surface area contributed by atoms with Crippen molar-refractivity contribution < 1.29 is 24.3 Å². The predicted molar refractivity (Wildman–Crippen MR) is 110 cm³/mol. The van der Waals surface area contributed by atoms with Crippen LogP contribution in [0, 0.1) is 0 Å². The monoisotopic (exact) mass is 432 g/mol. The molecule has 1 aliphatic heterocycles. The summed E-state index contributed by atoms with van der Waals surface area (Å²) in [7, 11) is 0. The number of nitrogens with zero attached hydrogens (tertiary/aromatic N) is 1. The van der Waals surface area contributed by atoms with Crippen LogP contribution in [0.15, 0.2) is 53.4 Å². The Morgan fingerprint density at radius 2 is 1.86 bits per heavy atom. The number of thioether (sulfide) groups is 1. The molecule has 2 aromatic carbocycles. The molecule has 29 heavy (non-hydrogen) atoms. The Kier molecular flexibility index (Phi) is 6.56. The van der Waals surface area contributed by atoms with Crippen molar-refractivity contribution in [2.24, 2.45) is 0 Å². The Bertz CT molecular complexity index is 964. The van der Waals surface area contributed by atoms with E-state index in [9.17, 15) is 19.2 Å². The topological polar surface area (TPSA) is 104 Å². The number of imide groups is 1. The van der Waals surface area contributed by atoms with Crippen LogP contribution in [-0.4, -0.2) is 34.0 Å². The minimum absolute atomic E-state index is 0.0870.